The van der Waals surface area contributed by atoms with Crippen LogP contribution in [0.3, 0.4) is 0 Å². The first-order valence-corrected chi connectivity index (χ1v) is 9.70. The molecule has 0 aromatic carbocycles. The highest BCUT2D eigenvalue weighted by molar-refractivity contribution is 5.91. The summed E-state index contributed by atoms with van der Waals surface area (Å²) in [5, 5.41) is 0. The number of furan rings is 1. The smallest absolute Gasteiger partial charge is 0.289 e. The highest BCUT2D eigenvalue weighted by Gasteiger charge is 2.24. The molecule has 1 aliphatic rings. The van der Waals surface area contributed by atoms with Crippen LogP contribution in [-0.2, 0) is 6.42 Å². The number of aromatic nitrogens is 3. The van der Waals surface area contributed by atoms with Crippen molar-refractivity contribution in [3.05, 3.63) is 66.6 Å². The van der Waals surface area contributed by atoms with E-state index in [1.807, 2.05) is 42.5 Å². The molecule has 0 spiro atoms. The number of nitrogens with zero attached hydrogens (tertiary/aromatic N) is 6. The van der Waals surface area contributed by atoms with Crippen LogP contribution in [0.2, 0.25) is 0 Å². The van der Waals surface area contributed by atoms with Crippen LogP contribution in [0.5, 0.6) is 0 Å². The van der Waals surface area contributed by atoms with E-state index >= 15 is 0 Å². The molecule has 0 radical (unpaired) electrons. The Balaban J connectivity index is 1.34. The molecule has 1 fully saturated rings. The van der Waals surface area contributed by atoms with Gasteiger partial charge in [-0.25, -0.2) is 9.97 Å². The Morgan fingerprint density at radius 3 is 2.66 bits per heavy atom. The fourth-order valence-corrected chi connectivity index (χ4v) is 3.37. The van der Waals surface area contributed by atoms with Crippen LogP contribution in [0.4, 0.5) is 11.6 Å². The summed E-state index contributed by atoms with van der Waals surface area (Å²) >= 11 is 0. The minimum atomic E-state index is -0.0612. The van der Waals surface area contributed by atoms with Gasteiger partial charge in [-0.1, -0.05) is 0 Å². The molecule has 3 aromatic heterocycles. The van der Waals surface area contributed by atoms with Crippen LogP contribution < -0.4 is 9.80 Å². The molecule has 4 heterocycles. The number of pyridine rings is 1. The van der Waals surface area contributed by atoms with Gasteiger partial charge in [0.25, 0.3) is 5.91 Å². The Morgan fingerprint density at radius 2 is 1.93 bits per heavy atom. The summed E-state index contributed by atoms with van der Waals surface area (Å²) in [6.45, 7) is 3.58. The van der Waals surface area contributed by atoms with E-state index in [0.717, 1.165) is 37.7 Å². The number of piperazine rings is 1. The van der Waals surface area contributed by atoms with Gasteiger partial charge in [0.15, 0.2) is 5.76 Å². The fourth-order valence-electron chi connectivity index (χ4n) is 3.37. The molecule has 8 heteroatoms. The minimum Gasteiger partial charge on any atom is -0.459 e. The molecule has 1 aliphatic heterocycles. The van der Waals surface area contributed by atoms with Gasteiger partial charge < -0.3 is 19.1 Å². The lowest BCUT2D eigenvalue weighted by molar-refractivity contribution is 0.0714. The van der Waals surface area contributed by atoms with E-state index in [-0.39, 0.29) is 5.91 Å². The van der Waals surface area contributed by atoms with Crippen LogP contribution in [0, 0.1) is 0 Å². The molecular weight excluding hydrogens is 368 g/mol. The third kappa shape index (κ3) is 4.53. The highest BCUT2D eigenvalue weighted by Crippen LogP contribution is 2.19. The van der Waals surface area contributed by atoms with Gasteiger partial charge >= 0.3 is 0 Å². The maximum atomic E-state index is 12.4. The summed E-state index contributed by atoms with van der Waals surface area (Å²) in [6, 6.07) is 9.51. The summed E-state index contributed by atoms with van der Waals surface area (Å²) in [4.78, 5) is 31.5. The second-order valence-corrected chi connectivity index (χ2v) is 7.02. The topological polar surface area (TPSA) is 78.6 Å². The van der Waals surface area contributed by atoms with E-state index in [1.165, 1.54) is 11.8 Å². The molecule has 0 bridgehead atoms. The number of carbonyl (C=O) groups is 1. The maximum Gasteiger partial charge on any atom is 0.289 e. The van der Waals surface area contributed by atoms with Crippen LogP contribution in [0.1, 0.15) is 16.1 Å². The van der Waals surface area contributed by atoms with Crippen molar-refractivity contribution >= 4 is 17.5 Å². The zero-order valence-electron chi connectivity index (χ0n) is 16.4. The van der Waals surface area contributed by atoms with E-state index in [0.29, 0.717) is 18.8 Å². The second kappa shape index (κ2) is 8.72. The number of hydrogen-bond acceptors (Lipinski definition) is 7. The summed E-state index contributed by atoms with van der Waals surface area (Å²) in [5.74, 6) is 2.10. The molecule has 150 valence electrons. The lowest BCUT2D eigenvalue weighted by Crippen LogP contribution is -2.49. The molecular formula is C21H24N6O2. The molecule has 1 saturated heterocycles. The van der Waals surface area contributed by atoms with Gasteiger partial charge in [-0.3, -0.25) is 9.78 Å². The zero-order chi connectivity index (χ0) is 20.1. The predicted molar refractivity (Wildman–Crippen MR) is 110 cm³/mol. The third-order valence-electron chi connectivity index (χ3n) is 5.14. The van der Waals surface area contributed by atoms with E-state index in [9.17, 15) is 4.79 Å². The molecule has 0 saturated carbocycles. The molecule has 3 aromatic rings. The standard InChI is InChI=1S/C21H24N6O2/c1-25(9-6-17-4-7-22-8-5-17)19-15-20(24-16-23-19)26-10-12-27(13-11-26)21(28)18-3-2-14-29-18/h2-5,7-8,14-16H,6,9-13H2,1H3. The fraction of sp³-hybridized carbons (Fsp3) is 0.333. The number of rotatable bonds is 6. The van der Waals surface area contributed by atoms with Gasteiger partial charge in [0.1, 0.15) is 18.0 Å². The third-order valence-corrected chi connectivity index (χ3v) is 5.14. The van der Waals surface area contributed by atoms with Gasteiger partial charge in [-0.05, 0) is 36.2 Å². The van der Waals surface area contributed by atoms with E-state index < -0.39 is 0 Å². The summed E-state index contributed by atoms with van der Waals surface area (Å²) in [7, 11) is 2.03. The number of amides is 1. The van der Waals surface area contributed by atoms with Crippen LogP contribution >= 0.6 is 0 Å². The lowest BCUT2D eigenvalue weighted by Gasteiger charge is -2.35. The van der Waals surface area contributed by atoms with Crippen LogP contribution in [-0.4, -0.2) is 65.5 Å². The molecule has 4 rings (SSSR count). The lowest BCUT2D eigenvalue weighted by atomic mass is 10.2. The van der Waals surface area contributed by atoms with Gasteiger partial charge in [0.2, 0.25) is 0 Å². The van der Waals surface area contributed by atoms with Gasteiger partial charge in [-0.2, -0.15) is 0 Å². The average Bonchev–Trinajstić information content (AvgIpc) is 3.33. The van der Waals surface area contributed by atoms with Gasteiger partial charge in [0.05, 0.1) is 6.26 Å². The largest absolute Gasteiger partial charge is 0.459 e. The van der Waals surface area contributed by atoms with Crippen molar-refractivity contribution in [1.82, 2.24) is 19.9 Å². The Bertz CT molecular complexity index is 923. The van der Waals surface area contributed by atoms with Crippen molar-refractivity contribution in [2.45, 2.75) is 6.42 Å². The average molecular weight is 392 g/mol. The Kier molecular flexibility index (Phi) is 5.69. The van der Waals surface area contributed by atoms with Crippen molar-refractivity contribution in [2.24, 2.45) is 0 Å². The van der Waals surface area contributed by atoms with E-state index in [4.69, 9.17) is 4.42 Å². The summed E-state index contributed by atoms with van der Waals surface area (Å²) < 4.78 is 5.22. The van der Waals surface area contributed by atoms with Crippen molar-refractivity contribution in [2.75, 3.05) is 49.6 Å². The first-order chi connectivity index (χ1) is 14.2. The van der Waals surface area contributed by atoms with Gasteiger partial charge in [-0.15, -0.1) is 0 Å². The molecule has 0 unspecified atom stereocenters. The summed E-state index contributed by atoms with van der Waals surface area (Å²) in [6.07, 6.45) is 7.68. The van der Waals surface area contributed by atoms with Crippen LogP contribution in [0.25, 0.3) is 0 Å². The number of hydrogen-bond donors (Lipinski definition) is 0. The van der Waals surface area contributed by atoms with Crippen LogP contribution in [0.15, 0.2) is 59.7 Å². The SMILES string of the molecule is CN(CCc1ccncc1)c1cc(N2CCN(C(=O)c3ccco3)CC2)ncn1. The number of likely N-dealkylation sites (N-methyl/N-ethyl adjacent to an activating group) is 1. The Hall–Kier alpha value is -3.42. The molecule has 0 N–H and O–H groups in total. The van der Waals surface area contributed by atoms with E-state index in [1.54, 1.807) is 18.5 Å². The van der Waals surface area contributed by atoms with Crippen molar-refractivity contribution in [3.8, 4) is 0 Å². The normalized spacial score (nSPS) is 14.1. The van der Waals surface area contributed by atoms with Gasteiger partial charge in [0, 0.05) is 58.2 Å². The highest BCUT2D eigenvalue weighted by atomic mass is 16.3. The molecule has 0 aliphatic carbocycles. The van der Waals surface area contributed by atoms with Crippen molar-refractivity contribution in [3.63, 3.8) is 0 Å². The zero-order valence-corrected chi connectivity index (χ0v) is 16.4. The predicted octanol–water partition coefficient (Wildman–Crippen LogP) is 2.11. The van der Waals surface area contributed by atoms with Crippen molar-refractivity contribution in [1.29, 1.82) is 0 Å². The second-order valence-electron chi connectivity index (χ2n) is 7.02. The first-order valence-electron chi connectivity index (χ1n) is 9.70. The number of carbonyl (C=O) groups excluding carboxylic acids is 1. The first kappa shape index (κ1) is 18.9. The number of anilines is 2. The maximum absolute atomic E-state index is 12.4. The van der Waals surface area contributed by atoms with Crippen molar-refractivity contribution < 1.29 is 9.21 Å². The monoisotopic (exact) mass is 392 g/mol. The molecule has 1 amide bonds. The molecule has 8 nitrogen and oxygen atoms in total. The minimum absolute atomic E-state index is 0.0612. The Labute approximate surface area is 169 Å². The molecule has 29 heavy (non-hydrogen) atoms. The molecule has 0 atom stereocenters. The quantitative estimate of drug-likeness (QED) is 0.636. The summed E-state index contributed by atoms with van der Waals surface area (Å²) in [5.41, 5.74) is 1.25. The van der Waals surface area contributed by atoms with E-state index in [2.05, 4.69) is 24.8 Å². The Morgan fingerprint density at radius 1 is 1.14 bits per heavy atom.